The van der Waals surface area contributed by atoms with Gasteiger partial charge in [-0.2, -0.15) is 0 Å². The van der Waals surface area contributed by atoms with E-state index in [0.717, 1.165) is 18.5 Å². The maximum Gasteiger partial charge on any atom is 0.142 e. The molecule has 86 valence electrons. The van der Waals surface area contributed by atoms with E-state index in [4.69, 9.17) is 11.6 Å². The molecule has 0 aliphatic rings. The van der Waals surface area contributed by atoms with Crippen molar-refractivity contribution >= 4 is 11.6 Å². The summed E-state index contributed by atoms with van der Waals surface area (Å²) in [5.41, 5.74) is 0.895. The predicted molar refractivity (Wildman–Crippen MR) is 65.9 cm³/mol. The van der Waals surface area contributed by atoms with Crippen molar-refractivity contribution in [3.63, 3.8) is 0 Å². The molecule has 16 heavy (non-hydrogen) atoms. The van der Waals surface area contributed by atoms with E-state index in [2.05, 4.69) is 17.2 Å². The standard InChI is InChI=1S/C13H15ClFN/c1-3-4-5-8-16-10(2)11-6-7-12(14)13(15)9-11/h6-7,9-10,16H,5,8H2,1-2H3. The zero-order valence-corrected chi connectivity index (χ0v) is 10.2. The molecule has 0 aliphatic heterocycles. The van der Waals surface area contributed by atoms with Crippen LogP contribution in [0.4, 0.5) is 4.39 Å². The average Bonchev–Trinajstić information content (AvgIpc) is 2.28. The highest BCUT2D eigenvalue weighted by Crippen LogP contribution is 2.19. The van der Waals surface area contributed by atoms with Crippen molar-refractivity contribution in [1.29, 1.82) is 0 Å². The second-order valence-corrected chi connectivity index (χ2v) is 3.93. The molecule has 1 nitrogen and oxygen atoms in total. The van der Waals surface area contributed by atoms with E-state index in [9.17, 15) is 4.39 Å². The first-order chi connectivity index (χ1) is 7.65. The van der Waals surface area contributed by atoms with E-state index in [1.807, 2.05) is 19.9 Å². The summed E-state index contributed by atoms with van der Waals surface area (Å²) in [4.78, 5) is 0. The van der Waals surface area contributed by atoms with Crippen LogP contribution in [0, 0.1) is 17.7 Å². The van der Waals surface area contributed by atoms with Gasteiger partial charge in [0.25, 0.3) is 0 Å². The summed E-state index contributed by atoms with van der Waals surface area (Å²) in [5.74, 6) is 5.42. The Morgan fingerprint density at radius 1 is 1.50 bits per heavy atom. The minimum Gasteiger partial charge on any atom is -0.309 e. The lowest BCUT2D eigenvalue weighted by atomic mass is 10.1. The van der Waals surface area contributed by atoms with Crippen LogP contribution in [-0.2, 0) is 0 Å². The number of hydrogen-bond acceptors (Lipinski definition) is 1. The molecule has 3 heteroatoms. The van der Waals surface area contributed by atoms with Gasteiger partial charge in [-0.15, -0.1) is 11.8 Å². The quantitative estimate of drug-likeness (QED) is 0.626. The van der Waals surface area contributed by atoms with E-state index < -0.39 is 0 Å². The Labute approximate surface area is 101 Å². The lowest BCUT2D eigenvalue weighted by molar-refractivity contribution is 0.573. The van der Waals surface area contributed by atoms with Crippen LogP contribution in [-0.4, -0.2) is 6.54 Å². The number of benzene rings is 1. The van der Waals surface area contributed by atoms with Crippen molar-refractivity contribution in [1.82, 2.24) is 5.32 Å². The monoisotopic (exact) mass is 239 g/mol. The van der Waals surface area contributed by atoms with Crippen molar-refractivity contribution in [2.24, 2.45) is 0 Å². The number of hydrogen-bond donors (Lipinski definition) is 1. The van der Waals surface area contributed by atoms with Gasteiger partial charge in [-0.25, -0.2) is 4.39 Å². The number of rotatable bonds is 4. The molecule has 0 saturated carbocycles. The molecule has 1 rings (SSSR count). The number of halogens is 2. The topological polar surface area (TPSA) is 12.0 Å². The first-order valence-electron chi connectivity index (χ1n) is 5.23. The molecular weight excluding hydrogens is 225 g/mol. The fraction of sp³-hybridized carbons (Fsp3) is 0.385. The van der Waals surface area contributed by atoms with Crippen molar-refractivity contribution in [2.45, 2.75) is 26.3 Å². The Kier molecular flexibility index (Phi) is 5.31. The van der Waals surface area contributed by atoms with Crippen LogP contribution in [0.2, 0.25) is 5.02 Å². The smallest absolute Gasteiger partial charge is 0.142 e. The third kappa shape index (κ3) is 3.84. The van der Waals surface area contributed by atoms with Crippen molar-refractivity contribution in [2.75, 3.05) is 6.54 Å². The second-order valence-electron chi connectivity index (χ2n) is 3.53. The molecular formula is C13H15ClFN. The summed E-state index contributed by atoms with van der Waals surface area (Å²) < 4.78 is 13.2. The maximum atomic E-state index is 13.2. The Morgan fingerprint density at radius 2 is 2.25 bits per heavy atom. The van der Waals surface area contributed by atoms with Crippen molar-refractivity contribution in [3.05, 3.63) is 34.6 Å². The largest absolute Gasteiger partial charge is 0.309 e. The van der Waals surface area contributed by atoms with Crippen LogP contribution >= 0.6 is 11.6 Å². The third-order valence-electron chi connectivity index (χ3n) is 2.32. The summed E-state index contributed by atoms with van der Waals surface area (Å²) in [6.45, 7) is 4.60. The zero-order chi connectivity index (χ0) is 12.0. The Bertz CT molecular complexity index is 406. The molecule has 0 saturated heterocycles. The molecule has 0 spiro atoms. The van der Waals surface area contributed by atoms with Gasteiger partial charge in [0.2, 0.25) is 0 Å². The van der Waals surface area contributed by atoms with E-state index in [0.29, 0.717) is 0 Å². The molecule has 0 fully saturated rings. The molecule has 0 amide bonds. The molecule has 1 N–H and O–H groups in total. The Morgan fingerprint density at radius 3 is 2.88 bits per heavy atom. The fourth-order valence-electron chi connectivity index (χ4n) is 1.38. The predicted octanol–water partition coefficient (Wildman–Crippen LogP) is 3.54. The normalized spacial score (nSPS) is 11.8. The minimum atomic E-state index is -0.374. The highest BCUT2D eigenvalue weighted by atomic mass is 35.5. The van der Waals surface area contributed by atoms with Crippen molar-refractivity contribution in [3.8, 4) is 11.8 Å². The fourth-order valence-corrected chi connectivity index (χ4v) is 1.49. The van der Waals surface area contributed by atoms with Gasteiger partial charge in [-0.05, 0) is 31.5 Å². The summed E-state index contributed by atoms with van der Waals surface area (Å²) in [6.07, 6.45) is 0.802. The van der Waals surface area contributed by atoms with Gasteiger partial charge in [0.15, 0.2) is 0 Å². The lowest BCUT2D eigenvalue weighted by Crippen LogP contribution is -2.19. The van der Waals surface area contributed by atoms with Crippen LogP contribution in [0.1, 0.15) is 31.9 Å². The summed E-state index contributed by atoms with van der Waals surface area (Å²) in [5, 5.41) is 3.43. The van der Waals surface area contributed by atoms with Gasteiger partial charge in [0.1, 0.15) is 5.82 Å². The van der Waals surface area contributed by atoms with E-state index in [1.54, 1.807) is 6.07 Å². The highest BCUT2D eigenvalue weighted by molar-refractivity contribution is 6.30. The lowest BCUT2D eigenvalue weighted by Gasteiger charge is -2.13. The summed E-state index contributed by atoms with van der Waals surface area (Å²) >= 11 is 5.62. The van der Waals surface area contributed by atoms with Gasteiger partial charge >= 0.3 is 0 Å². The second kappa shape index (κ2) is 6.52. The zero-order valence-electron chi connectivity index (χ0n) is 9.48. The SMILES string of the molecule is CC#CCCNC(C)c1ccc(Cl)c(F)c1. The third-order valence-corrected chi connectivity index (χ3v) is 2.63. The molecule has 1 aromatic carbocycles. The van der Waals surface area contributed by atoms with Gasteiger partial charge in [0, 0.05) is 19.0 Å². The molecule has 1 unspecified atom stereocenters. The van der Waals surface area contributed by atoms with E-state index in [1.165, 1.54) is 6.07 Å². The van der Waals surface area contributed by atoms with Gasteiger partial charge in [0.05, 0.1) is 5.02 Å². The van der Waals surface area contributed by atoms with Crippen molar-refractivity contribution < 1.29 is 4.39 Å². The van der Waals surface area contributed by atoms with E-state index >= 15 is 0 Å². The van der Waals surface area contributed by atoms with Gasteiger partial charge < -0.3 is 5.32 Å². The molecule has 0 aromatic heterocycles. The molecule has 1 atom stereocenters. The van der Waals surface area contributed by atoms with Crippen LogP contribution in [0.15, 0.2) is 18.2 Å². The first kappa shape index (κ1) is 13.0. The highest BCUT2D eigenvalue weighted by Gasteiger charge is 2.07. The number of nitrogens with one attached hydrogen (secondary N) is 1. The molecule has 1 aromatic rings. The molecule has 0 radical (unpaired) electrons. The minimum absolute atomic E-state index is 0.102. The summed E-state index contributed by atoms with van der Waals surface area (Å²) in [7, 11) is 0. The van der Waals surface area contributed by atoms with Gasteiger partial charge in [-0.1, -0.05) is 17.7 Å². The van der Waals surface area contributed by atoms with Crippen LogP contribution in [0.25, 0.3) is 0 Å². The van der Waals surface area contributed by atoms with Crippen LogP contribution in [0.3, 0.4) is 0 Å². The maximum absolute atomic E-state index is 13.2. The van der Waals surface area contributed by atoms with E-state index in [-0.39, 0.29) is 16.9 Å². The van der Waals surface area contributed by atoms with Gasteiger partial charge in [-0.3, -0.25) is 0 Å². The molecule has 0 heterocycles. The Balaban J connectivity index is 2.54. The van der Waals surface area contributed by atoms with Crippen LogP contribution < -0.4 is 5.32 Å². The molecule has 0 bridgehead atoms. The first-order valence-corrected chi connectivity index (χ1v) is 5.61. The van der Waals surface area contributed by atoms with Crippen LogP contribution in [0.5, 0.6) is 0 Å². The molecule has 0 aliphatic carbocycles. The average molecular weight is 240 g/mol. The summed E-state index contributed by atoms with van der Waals surface area (Å²) in [6, 6.07) is 4.97. The Hall–Kier alpha value is -1.04.